The summed E-state index contributed by atoms with van der Waals surface area (Å²) in [6.45, 7) is -0.875. The van der Waals surface area contributed by atoms with Gasteiger partial charge in [0.2, 0.25) is 6.29 Å². The van der Waals surface area contributed by atoms with Crippen molar-refractivity contribution < 1.29 is 30.3 Å². The first-order valence-electron chi connectivity index (χ1n) is 3.01. The van der Waals surface area contributed by atoms with Gasteiger partial charge >= 0.3 is 0 Å². The molecular formula is C4H10O7S2. The summed E-state index contributed by atoms with van der Waals surface area (Å²) in [7, 11) is -7.71. The van der Waals surface area contributed by atoms with E-state index in [2.05, 4.69) is 8.37 Å². The maximum absolute atomic E-state index is 10.5. The largest absolute Gasteiger partial charge is 0.391 e. The van der Waals surface area contributed by atoms with Gasteiger partial charge in [0.15, 0.2) is 0 Å². The minimum absolute atomic E-state index is 0.710. The van der Waals surface area contributed by atoms with E-state index in [4.69, 9.17) is 5.11 Å². The average molecular weight is 234 g/mol. The van der Waals surface area contributed by atoms with E-state index >= 15 is 0 Å². The Balaban J connectivity index is 4.39. The molecule has 0 heterocycles. The molecule has 0 aliphatic carbocycles. The van der Waals surface area contributed by atoms with Gasteiger partial charge in [0.05, 0.1) is 19.1 Å². The molecule has 0 saturated heterocycles. The summed E-state index contributed by atoms with van der Waals surface area (Å²) in [6.07, 6.45) is -0.298. The molecule has 0 atom stereocenters. The molecule has 0 aliphatic rings. The summed E-state index contributed by atoms with van der Waals surface area (Å²) in [5.74, 6) is 0. The summed E-state index contributed by atoms with van der Waals surface area (Å²) in [6, 6.07) is 0. The highest BCUT2D eigenvalue weighted by Crippen LogP contribution is 2.02. The smallest absolute Gasteiger partial charge is 0.267 e. The molecule has 0 fully saturated rings. The molecule has 0 aromatic rings. The third-order valence-corrected chi connectivity index (χ3v) is 1.84. The Labute approximate surface area is 76.5 Å². The van der Waals surface area contributed by atoms with Crippen LogP contribution in [-0.2, 0) is 28.6 Å². The van der Waals surface area contributed by atoms with Gasteiger partial charge in [0.25, 0.3) is 20.2 Å². The van der Waals surface area contributed by atoms with Crippen LogP contribution in [0.5, 0.6) is 0 Å². The molecule has 7 nitrogen and oxygen atoms in total. The van der Waals surface area contributed by atoms with Gasteiger partial charge in [-0.15, -0.1) is 0 Å². The quantitative estimate of drug-likeness (QED) is 0.444. The maximum atomic E-state index is 10.5. The van der Waals surface area contributed by atoms with E-state index in [0.29, 0.717) is 12.5 Å². The van der Waals surface area contributed by atoms with E-state index in [-0.39, 0.29) is 0 Å². The Bertz CT molecular complexity index is 305. The van der Waals surface area contributed by atoms with E-state index in [1.807, 2.05) is 0 Å². The number of hydrogen-bond donors (Lipinski definition) is 1. The normalized spacial score (nSPS) is 13.5. The summed E-state index contributed by atoms with van der Waals surface area (Å²) in [5.41, 5.74) is 0. The van der Waals surface area contributed by atoms with Crippen LogP contribution in [0.15, 0.2) is 0 Å². The molecule has 13 heavy (non-hydrogen) atoms. The third kappa shape index (κ3) is 8.12. The second kappa shape index (κ2) is 4.33. The topological polar surface area (TPSA) is 107 Å². The van der Waals surface area contributed by atoms with E-state index in [0.717, 1.165) is 0 Å². The van der Waals surface area contributed by atoms with Crippen molar-refractivity contribution in [3.63, 3.8) is 0 Å². The van der Waals surface area contributed by atoms with Crippen LogP contribution >= 0.6 is 0 Å². The van der Waals surface area contributed by atoms with Crippen LogP contribution in [0.4, 0.5) is 0 Å². The van der Waals surface area contributed by atoms with Crippen molar-refractivity contribution in [1.29, 1.82) is 0 Å². The van der Waals surface area contributed by atoms with Crippen molar-refractivity contribution in [2.75, 3.05) is 19.1 Å². The Kier molecular flexibility index (Phi) is 4.26. The van der Waals surface area contributed by atoms with Crippen LogP contribution < -0.4 is 0 Å². The fraction of sp³-hybridized carbons (Fsp3) is 1.00. The van der Waals surface area contributed by atoms with Crippen LogP contribution in [0.3, 0.4) is 0 Å². The maximum Gasteiger partial charge on any atom is 0.267 e. The van der Waals surface area contributed by atoms with E-state index in [9.17, 15) is 16.8 Å². The second-order valence-electron chi connectivity index (χ2n) is 2.21. The van der Waals surface area contributed by atoms with Gasteiger partial charge in [0.1, 0.15) is 0 Å². The number of aliphatic hydroxyl groups excluding tert-OH is 1. The van der Waals surface area contributed by atoms with Crippen LogP contribution in [0, 0.1) is 0 Å². The summed E-state index contributed by atoms with van der Waals surface area (Å²) in [5, 5.41) is 8.47. The summed E-state index contributed by atoms with van der Waals surface area (Å²) >= 11 is 0. The lowest BCUT2D eigenvalue weighted by atomic mass is 10.7. The van der Waals surface area contributed by atoms with E-state index < -0.39 is 33.1 Å². The van der Waals surface area contributed by atoms with Gasteiger partial charge in [-0.3, -0.25) is 0 Å². The molecule has 0 aromatic carbocycles. The highest BCUT2D eigenvalue weighted by Gasteiger charge is 2.19. The van der Waals surface area contributed by atoms with Crippen LogP contribution in [0.1, 0.15) is 0 Å². The molecule has 0 unspecified atom stereocenters. The van der Waals surface area contributed by atoms with Crippen molar-refractivity contribution in [1.82, 2.24) is 0 Å². The molecule has 0 amide bonds. The Hall–Kier alpha value is -0.220. The van der Waals surface area contributed by atoms with Gasteiger partial charge in [-0.05, 0) is 0 Å². The molecule has 1 N–H and O–H groups in total. The molecule has 0 spiro atoms. The van der Waals surface area contributed by atoms with Gasteiger partial charge in [-0.25, -0.2) is 8.37 Å². The first-order valence-corrected chi connectivity index (χ1v) is 6.65. The predicted octanol–water partition coefficient (Wildman–Crippen LogP) is -1.74. The zero-order chi connectivity index (χ0) is 10.7. The van der Waals surface area contributed by atoms with Crippen molar-refractivity contribution in [3.8, 4) is 0 Å². The predicted molar refractivity (Wildman–Crippen MR) is 42.7 cm³/mol. The highest BCUT2D eigenvalue weighted by atomic mass is 32.2. The molecule has 0 aliphatic heterocycles. The fourth-order valence-electron chi connectivity index (χ4n) is 0.467. The lowest BCUT2D eigenvalue weighted by molar-refractivity contribution is -0.0246. The molecule has 80 valence electrons. The summed E-state index contributed by atoms with van der Waals surface area (Å²) < 4.78 is 50.1. The first-order chi connectivity index (χ1) is 5.64. The van der Waals surface area contributed by atoms with Gasteiger partial charge in [-0.2, -0.15) is 16.8 Å². The zero-order valence-electron chi connectivity index (χ0n) is 7.00. The van der Waals surface area contributed by atoms with E-state index in [1.54, 1.807) is 0 Å². The molecule has 0 saturated carbocycles. The molecule has 0 rings (SSSR count). The van der Waals surface area contributed by atoms with Gasteiger partial charge < -0.3 is 5.11 Å². The molecule has 0 bridgehead atoms. The number of rotatable bonds is 5. The number of hydrogen-bond acceptors (Lipinski definition) is 7. The van der Waals surface area contributed by atoms with Crippen molar-refractivity contribution in [2.24, 2.45) is 0 Å². The average Bonchev–Trinajstić information content (AvgIpc) is 1.79. The number of aliphatic hydroxyl groups is 1. The van der Waals surface area contributed by atoms with Crippen LogP contribution in [0.2, 0.25) is 0 Å². The van der Waals surface area contributed by atoms with Crippen molar-refractivity contribution >= 4 is 20.2 Å². The Morgan fingerprint density at radius 2 is 1.38 bits per heavy atom. The first kappa shape index (κ1) is 12.8. The van der Waals surface area contributed by atoms with E-state index in [1.165, 1.54) is 0 Å². The van der Waals surface area contributed by atoms with Crippen LogP contribution in [-0.4, -0.2) is 47.4 Å². The van der Waals surface area contributed by atoms with Crippen molar-refractivity contribution in [2.45, 2.75) is 6.29 Å². The fourth-order valence-corrected chi connectivity index (χ4v) is 1.50. The second-order valence-corrected chi connectivity index (χ2v) is 5.41. The molecule has 0 radical (unpaired) electrons. The van der Waals surface area contributed by atoms with Gasteiger partial charge in [0, 0.05) is 0 Å². The Morgan fingerprint density at radius 3 is 1.54 bits per heavy atom. The van der Waals surface area contributed by atoms with Crippen molar-refractivity contribution in [3.05, 3.63) is 0 Å². The third-order valence-electron chi connectivity index (χ3n) is 0.713. The standard InChI is InChI=1S/C4H10O7S2/c1-12(6,7)10-4(3-5)11-13(2,8)9/h4-5H,3H2,1-2H3. The monoisotopic (exact) mass is 234 g/mol. The summed E-state index contributed by atoms with van der Waals surface area (Å²) in [4.78, 5) is 0. The minimum Gasteiger partial charge on any atom is -0.391 e. The van der Waals surface area contributed by atoms with Gasteiger partial charge in [-0.1, -0.05) is 0 Å². The Morgan fingerprint density at radius 1 is 1.08 bits per heavy atom. The molecule has 0 aromatic heterocycles. The van der Waals surface area contributed by atoms with Crippen LogP contribution in [0.25, 0.3) is 0 Å². The highest BCUT2D eigenvalue weighted by molar-refractivity contribution is 7.86. The SMILES string of the molecule is CS(=O)(=O)OC(CO)OS(C)(=O)=O. The zero-order valence-corrected chi connectivity index (χ0v) is 8.63. The lowest BCUT2D eigenvalue weighted by Crippen LogP contribution is -2.27. The molecule has 9 heteroatoms. The lowest BCUT2D eigenvalue weighted by Gasteiger charge is -2.11. The minimum atomic E-state index is -3.86. The molecular weight excluding hydrogens is 224 g/mol.